The number of hydrogen-bond acceptors (Lipinski definition) is 3. The molecule has 94 valence electrons. The van der Waals surface area contributed by atoms with Crippen LogP contribution in [0.2, 0.25) is 0 Å². The molecule has 0 saturated heterocycles. The van der Waals surface area contributed by atoms with Crippen LogP contribution in [0.3, 0.4) is 0 Å². The standard InChI is InChI=1S/C12H23NO3/c1-5-12(3,4)11(15)13-9-7-8-10(14)16-6-2/h5-9H2,1-4H3,(H,13,15). The van der Waals surface area contributed by atoms with E-state index in [1.165, 1.54) is 0 Å². The fraction of sp³-hybridized carbons (Fsp3) is 0.833. The van der Waals surface area contributed by atoms with E-state index in [-0.39, 0.29) is 17.3 Å². The first kappa shape index (κ1) is 14.9. The number of carbonyl (C=O) groups is 2. The van der Waals surface area contributed by atoms with Gasteiger partial charge < -0.3 is 10.1 Å². The van der Waals surface area contributed by atoms with Gasteiger partial charge >= 0.3 is 5.97 Å². The zero-order valence-electron chi connectivity index (χ0n) is 10.8. The number of carbonyl (C=O) groups excluding carboxylic acids is 2. The molecule has 0 aromatic carbocycles. The summed E-state index contributed by atoms with van der Waals surface area (Å²) in [7, 11) is 0. The molecule has 0 aliphatic carbocycles. The molecule has 0 unspecified atom stereocenters. The second-order valence-corrected chi connectivity index (χ2v) is 4.40. The lowest BCUT2D eigenvalue weighted by Gasteiger charge is -2.21. The maximum absolute atomic E-state index is 11.6. The van der Waals surface area contributed by atoms with Gasteiger partial charge in [-0.25, -0.2) is 0 Å². The summed E-state index contributed by atoms with van der Waals surface area (Å²) in [4.78, 5) is 22.6. The Hall–Kier alpha value is -1.06. The minimum atomic E-state index is -0.329. The second kappa shape index (κ2) is 7.25. The van der Waals surface area contributed by atoms with Crippen LogP contribution in [0.1, 0.15) is 47.0 Å². The van der Waals surface area contributed by atoms with Crippen LogP contribution in [0.4, 0.5) is 0 Å². The summed E-state index contributed by atoms with van der Waals surface area (Å²) >= 11 is 0. The van der Waals surface area contributed by atoms with Gasteiger partial charge in [0, 0.05) is 18.4 Å². The first-order valence-electron chi connectivity index (χ1n) is 5.88. The maximum atomic E-state index is 11.6. The molecule has 4 nitrogen and oxygen atoms in total. The molecule has 0 aromatic heterocycles. The summed E-state index contributed by atoms with van der Waals surface area (Å²) in [6.07, 6.45) is 1.79. The number of ether oxygens (including phenoxy) is 1. The van der Waals surface area contributed by atoms with E-state index >= 15 is 0 Å². The van der Waals surface area contributed by atoms with E-state index in [1.54, 1.807) is 6.92 Å². The largest absolute Gasteiger partial charge is 0.466 e. The summed E-state index contributed by atoms with van der Waals surface area (Å²) in [5.41, 5.74) is -0.329. The second-order valence-electron chi connectivity index (χ2n) is 4.40. The molecule has 1 N–H and O–H groups in total. The number of nitrogens with one attached hydrogen (secondary N) is 1. The van der Waals surface area contributed by atoms with Crippen molar-refractivity contribution in [2.24, 2.45) is 5.41 Å². The molecule has 0 fully saturated rings. The molecule has 0 rings (SSSR count). The highest BCUT2D eigenvalue weighted by Gasteiger charge is 2.24. The average molecular weight is 229 g/mol. The zero-order chi connectivity index (χ0) is 12.6. The van der Waals surface area contributed by atoms with Gasteiger partial charge in [-0.3, -0.25) is 9.59 Å². The summed E-state index contributed by atoms with van der Waals surface area (Å²) < 4.78 is 4.79. The molecule has 0 bridgehead atoms. The van der Waals surface area contributed by atoms with Gasteiger partial charge in [0.15, 0.2) is 0 Å². The third-order valence-electron chi connectivity index (χ3n) is 2.65. The van der Waals surface area contributed by atoms with Crippen LogP contribution in [0.25, 0.3) is 0 Å². The zero-order valence-corrected chi connectivity index (χ0v) is 10.8. The molecule has 0 radical (unpaired) electrons. The molecule has 1 amide bonds. The van der Waals surface area contributed by atoms with Gasteiger partial charge in [0.05, 0.1) is 6.61 Å². The monoisotopic (exact) mass is 229 g/mol. The Bertz CT molecular complexity index is 236. The molecule has 4 heteroatoms. The number of rotatable bonds is 7. The van der Waals surface area contributed by atoms with Crippen molar-refractivity contribution < 1.29 is 14.3 Å². The molecule has 0 aliphatic heterocycles. The van der Waals surface area contributed by atoms with Crippen molar-refractivity contribution >= 4 is 11.9 Å². The van der Waals surface area contributed by atoms with Crippen LogP contribution in [0.15, 0.2) is 0 Å². The summed E-state index contributed by atoms with van der Waals surface area (Å²) in [6.45, 7) is 8.53. The SMILES string of the molecule is CCOC(=O)CCCNC(=O)C(C)(C)CC. The Balaban J connectivity index is 3.67. The molecular weight excluding hydrogens is 206 g/mol. The quantitative estimate of drug-likeness (QED) is 0.535. The van der Waals surface area contributed by atoms with E-state index in [9.17, 15) is 9.59 Å². The van der Waals surface area contributed by atoms with Crippen molar-refractivity contribution in [3.05, 3.63) is 0 Å². The van der Waals surface area contributed by atoms with Crippen LogP contribution < -0.4 is 5.32 Å². The highest BCUT2D eigenvalue weighted by molar-refractivity contribution is 5.81. The molecule has 0 saturated carbocycles. The third kappa shape index (κ3) is 5.73. The van der Waals surface area contributed by atoms with E-state index in [0.717, 1.165) is 6.42 Å². The Morgan fingerprint density at radius 3 is 2.38 bits per heavy atom. The van der Waals surface area contributed by atoms with E-state index in [0.29, 0.717) is 26.0 Å². The van der Waals surface area contributed by atoms with Crippen LogP contribution in [0, 0.1) is 5.41 Å². The van der Waals surface area contributed by atoms with Gasteiger partial charge in [-0.05, 0) is 19.8 Å². The lowest BCUT2D eigenvalue weighted by atomic mass is 9.89. The fourth-order valence-electron chi connectivity index (χ4n) is 1.07. The van der Waals surface area contributed by atoms with Gasteiger partial charge in [0.2, 0.25) is 5.91 Å². The van der Waals surface area contributed by atoms with Gasteiger partial charge in [-0.1, -0.05) is 20.8 Å². The van der Waals surface area contributed by atoms with Gasteiger partial charge in [0.25, 0.3) is 0 Å². The highest BCUT2D eigenvalue weighted by Crippen LogP contribution is 2.19. The van der Waals surface area contributed by atoms with Crippen molar-refractivity contribution in [1.29, 1.82) is 0 Å². The topological polar surface area (TPSA) is 55.4 Å². The van der Waals surface area contributed by atoms with E-state index < -0.39 is 0 Å². The number of amides is 1. The molecule has 0 heterocycles. The predicted molar refractivity (Wildman–Crippen MR) is 62.9 cm³/mol. The highest BCUT2D eigenvalue weighted by atomic mass is 16.5. The number of esters is 1. The molecule has 0 atom stereocenters. The van der Waals surface area contributed by atoms with E-state index in [1.807, 2.05) is 20.8 Å². The Labute approximate surface area is 97.7 Å². The van der Waals surface area contributed by atoms with Crippen LogP contribution >= 0.6 is 0 Å². The summed E-state index contributed by atoms with van der Waals surface area (Å²) in [5.74, 6) is -0.162. The minimum absolute atomic E-state index is 0.0406. The molecule has 0 spiro atoms. The predicted octanol–water partition coefficient (Wildman–Crippen LogP) is 1.88. The van der Waals surface area contributed by atoms with Crippen LogP contribution in [0.5, 0.6) is 0 Å². The molecule has 16 heavy (non-hydrogen) atoms. The van der Waals surface area contributed by atoms with Crippen molar-refractivity contribution in [3.8, 4) is 0 Å². The Morgan fingerprint density at radius 1 is 1.25 bits per heavy atom. The Kier molecular flexibility index (Phi) is 6.77. The maximum Gasteiger partial charge on any atom is 0.305 e. The van der Waals surface area contributed by atoms with Crippen molar-refractivity contribution in [1.82, 2.24) is 5.32 Å². The molecule has 0 aliphatic rings. The lowest BCUT2D eigenvalue weighted by Crippen LogP contribution is -2.37. The van der Waals surface area contributed by atoms with Crippen molar-refractivity contribution in [2.45, 2.75) is 47.0 Å². The van der Waals surface area contributed by atoms with E-state index in [2.05, 4.69) is 5.32 Å². The smallest absolute Gasteiger partial charge is 0.305 e. The normalized spacial score (nSPS) is 11.0. The van der Waals surface area contributed by atoms with Gasteiger partial charge in [-0.15, -0.1) is 0 Å². The molecular formula is C12H23NO3. The van der Waals surface area contributed by atoms with Crippen LogP contribution in [-0.4, -0.2) is 25.0 Å². The minimum Gasteiger partial charge on any atom is -0.466 e. The fourth-order valence-corrected chi connectivity index (χ4v) is 1.07. The van der Waals surface area contributed by atoms with Crippen molar-refractivity contribution in [3.63, 3.8) is 0 Å². The summed E-state index contributed by atoms with van der Waals surface area (Å²) in [6, 6.07) is 0. The van der Waals surface area contributed by atoms with Gasteiger partial charge in [0.1, 0.15) is 0 Å². The lowest BCUT2D eigenvalue weighted by molar-refractivity contribution is -0.143. The third-order valence-corrected chi connectivity index (χ3v) is 2.65. The first-order chi connectivity index (χ1) is 7.44. The molecule has 0 aromatic rings. The number of hydrogen-bond donors (Lipinski definition) is 1. The Morgan fingerprint density at radius 2 is 1.88 bits per heavy atom. The van der Waals surface area contributed by atoms with Gasteiger partial charge in [-0.2, -0.15) is 0 Å². The van der Waals surface area contributed by atoms with Crippen molar-refractivity contribution in [2.75, 3.05) is 13.2 Å². The van der Waals surface area contributed by atoms with Crippen LogP contribution in [-0.2, 0) is 14.3 Å². The van der Waals surface area contributed by atoms with E-state index in [4.69, 9.17) is 4.74 Å². The first-order valence-corrected chi connectivity index (χ1v) is 5.88. The summed E-state index contributed by atoms with van der Waals surface area (Å²) in [5, 5.41) is 2.82. The average Bonchev–Trinajstić information content (AvgIpc) is 2.24.